The number of aromatic nitrogens is 2. The zero-order valence-corrected chi connectivity index (χ0v) is 16.0. The Morgan fingerprint density at radius 1 is 1.23 bits per heavy atom. The Morgan fingerprint density at radius 3 is 2.53 bits per heavy atom. The van der Waals surface area contributed by atoms with E-state index in [2.05, 4.69) is 20.6 Å². The van der Waals surface area contributed by atoms with Crippen LogP contribution in [0.5, 0.6) is 0 Å². The van der Waals surface area contributed by atoms with E-state index in [1.807, 2.05) is 0 Å². The zero-order valence-electron chi connectivity index (χ0n) is 16.0. The van der Waals surface area contributed by atoms with Crippen LogP contribution in [0.1, 0.15) is 25.0 Å². The molecule has 30 heavy (non-hydrogen) atoms. The number of nitrogens with zero attached hydrogens (tertiary/aromatic N) is 2. The van der Waals surface area contributed by atoms with E-state index in [1.165, 1.54) is 17.4 Å². The maximum absolute atomic E-state index is 12.8. The molecule has 2 heterocycles. The van der Waals surface area contributed by atoms with Gasteiger partial charge in [0.25, 0.3) is 0 Å². The Morgan fingerprint density at radius 2 is 1.97 bits per heavy atom. The second kappa shape index (κ2) is 10.3. The first-order valence-electron chi connectivity index (χ1n) is 9.25. The van der Waals surface area contributed by atoms with Gasteiger partial charge in [-0.15, -0.1) is 0 Å². The van der Waals surface area contributed by atoms with Crippen LogP contribution < -0.4 is 16.4 Å². The molecule has 1 aliphatic heterocycles. The van der Waals surface area contributed by atoms with Crippen molar-refractivity contribution in [3.63, 3.8) is 0 Å². The minimum atomic E-state index is -1.67. The fourth-order valence-corrected chi connectivity index (χ4v) is 3.20. The van der Waals surface area contributed by atoms with E-state index >= 15 is 0 Å². The van der Waals surface area contributed by atoms with E-state index in [0.29, 0.717) is 25.1 Å². The van der Waals surface area contributed by atoms with Crippen LogP contribution in [0.25, 0.3) is 0 Å². The number of likely N-dealkylation sites (tertiary alicyclic amines) is 1. The highest BCUT2D eigenvalue weighted by Crippen LogP contribution is 2.17. The first-order chi connectivity index (χ1) is 14.2. The van der Waals surface area contributed by atoms with Crippen molar-refractivity contribution >= 4 is 29.7 Å². The molecular weight excluding hydrogens is 400 g/mol. The lowest BCUT2D eigenvalue weighted by molar-refractivity contribution is -0.147. The van der Waals surface area contributed by atoms with Gasteiger partial charge in [0.05, 0.1) is 19.3 Å². The first kappa shape index (κ1) is 22.8. The molecule has 0 radical (unpaired) electrons. The standard InChI is InChI=1S/C17H24N6O7/c18-6-13(24)23-3-1-2-12(23)16(28)21-10(4-9-7-19-8-20-9)15(27)22-11(17(29)30)5-14(25)26/h7-8,10-12H,1-6,18H2,(H,19,20)(H,21,28)(H,22,27)(H,25,26)(H,29,30). The van der Waals surface area contributed by atoms with Crippen LogP contribution in [0.3, 0.4) is 0 Å². The third-order valence-electron chi connectivity index (χ3n) is 4.66. The van der Waals surface area contributed by atoms with Crippen molar-refractivity contribution in [2.45, 2.75) is 43.8 Å². The van der Waals surface area contributed by atoms with Gasteiger partial charge >= 0.3 is 11.9 Å². The third kappa shape index (κ3) is 6.01. The summed E-state index contributed by atoms with van der Waals surface area (Å²) in [6.07, 6.45) is 2.92. The normalized spacial score (nSPS) is 17.8. The average Bonchev–Trinajstić information content (AvgIpc) is 3.37. The van der Waals surface area contributed by atoms with E-state index in [0.717, 1.165) is 0 Å². The van der Waals surface area contributed by atoms with Gasteiger partial charge in [0.15, 0.2) is 0 Å². The number of hydrogen-bond acceptors (Lipinski definition) is 7. The topological polar surface area (TPSA) is 208 Å². The Kier molecular flexibility index (Phi) is 7.86. The summed E-state index contributed by atoms with van der Waals surface area (Å²) in [4.78, 5) is 67.4. The lowest BCUT2D eigenvalue weighted by Crippen LogP contribution is -2.56. The number of nitrogens with two attached hydrogens (primary N) is 1. The highest BCUT2D eigenvalue weighted by Gasteiger charge is 2.36. The number of carboxylic acid groups (broad SMARTS) is 2. The molecule has 0 bridgehead atoms. The number of carbonyl (C=O) groups excluding carboxylic acids is 3. The van der Waals surface area contributed by atoms with Crippen molar-refractivity contribution in [3.8, 4) is 0 Å². The van der Waals surface area contributed by atoms with Gasteiger partial charge in [0.1, 0.15) is 18.1 Å². The van der Waals surface area contributed by atoms with Crippen LogP contribution in [0.2, 0.25) is 0 Å². The van der Waals surface area contributed by atoms with Crippen LogP contribution in [-0.2, 0) is 30.4 Å². The molecular formula is C17H24N6O7. The summed E-state index contributed by atoms with van der Waals surface area (Å²) >= 11 is 0. The lowest BCUT2D eigenvalue weighted by Gasteiger charge is -2.26. The molecule has 1 aromatic heterocycles. The number of aromatic amines is 1. The number of amides is 3. The molecule has 7 N–H and O–H groups in total. The van der Waals surface area contributed by atoms with Gasteiger partial charge < -0.3 is 36.5 Å². The van der Waals surface area contributed by atoms with Crippen LogP contribution in [0, 0.1) is 0 Å². The van der Waals surface area contributed by atoms with Gasteiger partial charge in [0, 0.05) is 24.9 Å². The molecule has 1 aliphatic rings. The summed E-state index contributed by atoms with van der Waals surface area (Å²) in [6.45, 7) is 0.114. The summed E-state index contributed by atoms with van der Waals surface area (Å²) in [5, 5.41) is 22.7. The number of rotatable bonds is 10. The van der Waals surface area contributed by atoms with Crippen molar-refractivity contribution in [1.82, 2.24) is 25.5 Å². The van der Waals surface area contributed by atoms with E-state index in [4.69, 9.17) is 15.9 Å². The summed E-state index contributed by atoms with van der Waals surface area (Å²) in [5.74, 6) is -4.78. The SMILES string of the molecule is NCC(=O)N1CCCC1C(=O)NC(Cc1cnc[nH]1)C(=O)NC(CC(=O)O)C(=O)O. The summed E-state index contributed by atoms with van der Waals surface area (Å²) in [5.41, 5.74) is 5.86. The molecule has 1 aromatic rings. The predicted octanol–water partition coefficient (Wildman–Crippen LogP) is -2.57. The fraction of sp³-hybridized carbons (Fsp3) is 0.529. The molecule has 3 atom stereocenters. The molecule has 164 valence electrons. The van der Waals surface area contributed by atoms with Gasteiger partial charge in [-0.25, -0.2) is 9.78 Å². The second-order valence-electron chi connectivity index (χ2n) is 6.79. The van der Waals surface area contributed by atoms with E-state index in [9.17, 15) is 24.0 Å². The number of hydrogen-bond donors (Lipinski definition) is 6. The number of H-pyrrole nitrogens is 1. The molecule has 1 saturated heterocycles. The molecule has 3 unspecified atom stereocenters. The van der Waals surface area contributed by atoms with E-state index < -0.39 is 54.2 Å². The molecule has 1 fully saturated rings. The third-order valence-corrected chi connectivity index (χ3v) is 4.66. The molecule has 0 saturated carbocycles. The van der Waals surface area contributed by atoms with Gasteiger partial charge in [-0.2, -0.15) is 0 Å². The predicted molar refractivity (Wildman–Crippen MR) is 99.8 cm³/mol. The van der Waals surface area contributed by atoms with Crippen molar-refractivity contribution in [2.75, 3.05) is 13.1 Å². The quantitative estimate of drug-likeness (QED) is 0.233. The first-order valence-corrected chi connectivity index (χ1v) is 9.25. The molecule has 0 spiro atoms. The van der Waals surface area contributed by atoms with Gasteiger partial charge in [-0.05, 0) is 12.8 Å². The highest BCUT2D eigenvalue weighted by atomic mass is 16.4. The average molecular weight is 424 g/mol. The molecule has 13 heteroatoms. The molecule has 0 aromatic carbocycles. The van der Waals surface area contributed by atoms with Crippen molar-refractivity contribution in [1.29, 1.82) is 0 Å². The largest absolute Gasteiger partial charge is 0.481 e. The summed E-state index contributed by atoms with van der Waals surface area (Å²) < 4.78 is 0. The van der Waals surface area contributed by atoms with Crippen LogP contribution in [0.4, 0.5) is 0 Å². The maximum Gasteiger partial charge on any atom is 0.326 e. The smallest absolute Gasteiger partial charge is 0.326 e. The summed E-state index contributed by atoms with van der Waals surface area (Å²) in [7, 11) is 0. The number of nitrogens with one attached hydrogen (secondary N) is 3. The molecule has 2 rings (SSSR count). The van der Waals surface area contributed by atoms with Gasteiger partial charge in [0.2, 0.25) is 17.7 Å². The van der Waals surface area contributed by atoms with Gasteiger partial charge in [-0.3, -0.25) is 19.2 Å². The molecule has 0 aliphatic carbocycles. The number of aliphatic carboxylic acids is 2. The van der Waals surface area contributed by atoms with E-state index in [1.54, 1.807) is 0 Å². The minimum absolute atomic E-state index is 0.0471. The monoisotopic (exact) mass is 424 g/mol. The summed E-state index contributed by atoms with van der Waals surface area (Å²) in [6, 6.07) is -3.69. The Hall–Kier alpha value is -3.48. The second-order valence-corrected chi connectivity index (χ2v) is 6.79. The van der Waals surface area contributed by atoms with E-state index in [-0.39, 0.29) is 13.0 Å². The lowest BCUT2D eigenvalue weighted by atomic mass is 10.1. The highest BCUT2D eigenvalue weighted by molar-refractivity contribution is 5.94. The Labute approximate surface area is 171 Å². The van der Waals surface area contributed by atoms with Crippen LogP contribution >= 0.6 is 0 Å². The number of carbonyl (C=O) groups is 5. The minimum Gasteiger partial charge on any atom is -0.481 e. The maximum atomic E-state index is 12.8. The van der Waals surface area contributed by atoms with Gasteiger partial charge in [-0.1, -0.05) is 0 Å². The number of carboxylic acids is 2. The molecule has 13 nitrogen and oxygen atoms in total. The number of imidazole rings is 1. The van der Waals surface area contributed by atoms with Crippen molar-refractivity contribution in [3.05, 3.63) is 18.2 Å². The molecule has 3 amide bonds. The zero-order chi connectivity index (χ0) is 22.3. The van der Waals surface area contributed by atoms with Crippen LogP contribution in [0.15, 0.2) is 12.5 Å². The fourth-order valence-electron chi connectivity index (χ4n) is 3.20. The van der Waals surface area contributed by atoms with Crippen molar-refractivity contribution < 1.29 is 34.2 Å². The van der Waals surface area contributed by atoms with Crippen molar-refractivity contribution in [2.24, 2.45) is 5.73 Å². The Bertz CT molecular complexity index is 797. The Balaban J connectivity index is 2.15. The van der Waals surface area contributed by atoms with Crippen LogP contribution in [-0.4, -0.2) is 86.0 Å².